The molecule has 1 amide bonds. The molecule has 0 spiro atoms. The van der Waals surface area contributed by atoms with E-state index in [1.807, 2.05) is 24.3 Å². The van der Waals surface area contributed by atoms with Crippen LogP contribution in [0.3, 0.4) is 0 Å². The van der Waals surface area contributed by atoms with Gasteiger partial charge in [-0.15, -0.1) is 0 Å². The molecule has 0 fully saturated rings. The molecule has 0 aliphatic heterocycles. The summed E-state index contributed by atoms with van der Waals surface area (Å²) in [4.78, 5) is 13.8. The van der Waals surface area contributed by atoms with Crippen LogP contribution in [0.25, 0.3) is 0 Å². The fraction of sp³-hybridized carbons (Fsp3) is 0.278. The lowest BCUT2D eigenvalue weighted by Gasteiger charge is -2.18. The molecule has 2 rings (SSSR count). The molecule has 0 aliphatic rings. The zero-order valence-electron chi connectivity index (χ0n) is 13.3. The molecule has 0 unspecified atom stereocenters. The third-order valence-electron chi connectivity index (χ3n) is 3.48. The second-order valence-corrected chi connectivity index (χ2v) is 6.22. The van der Waals surface area contributed by atoms with Gasteiger partial charge in [-0.25, -0.2) is 8.78 Å². The average molecular weight is 398 g/mol. The fourth-order valence-corrected chi connectivity index (χ4v) is 2.57. The normalized spacial score (nSPS) is 10.5. The van der Waals surface area contributed by atoms with E-state index in [2.05, 4.69) is 15.9 Å². The highest BCUT2D eigenvalue weighted by Crippen LogP contribution is 2.19. The third-order valence-corrected chi connectivity index (χ3v) is 4.25. The predicted molar refractivity (Wildman–Crippen MR) is 91.7 cm³/mol. The van der Waals surface area contributed by atoms with Gasteiger partial charge in [0.15, 0.2) is 11.6 Å². The van der Waals surface area contributed by atoms with E-state index < -0.39 is 11.6 Å². The third kappa shape index (κ3) is 5.30. The van der Waals surface area contributed by atoms with Gasteiger partial charge in [-0.2, -0.15) is 0 Å². The fourth-order valence-electron chi connectivity index (χ4n) is 2.16. The Kier molecular flexibility index (Phi) is 6.73. The smallest absolute Gasteiger partial charge is 0.222 e. The van der Waals surface area contributed by atoms with Crippen molar-refractivity contribution in [1.82, 2.24) is 4.90 Å². The zero-order valence-corrected chi connectivity index (χ0v) is 14.9. The standard InChI is InChI=1S/C18H18BrF2NO2/c1-22(12-13-5-2-3-6-15(13)19)18(23)7-4-10-24-17-9-8-14(20)11-16(17)21/h2-3,5-6,8-9,11H,4,7,10,12H2,1H3. The van der Waals surface area contributed by atoms with Gasteiger partial charge in [0, 0.05) is 30.6 Å². The Morgan fingerprint density at radius 2 is 1.96 bits per heavy atom. The maximum Gasteiger partial charge on any atom is 0.222 e. The summed E-state index contributed by atoms with van der Waals surface area (Å²) in [5.74, 6) is -1.42. The summed E-state index contributed by atoms with van der Waals surface area (Å²) in [5.41, 5.74) is 1.03. The van der Waals surface area contributed by atoms with E-state index in [-0.39, 0.29) is 18.3 Å². The van der Waals surface area contributed by atoms with Crippen LogP contribution < -0.4 is 4.74 Å². The van der Waals surface area contributed by atoms with Gasteiger partial charge in [-0.3, -0.25) is 4.79 Å². The SMILES string of the molecule is CN(Cc1ccccc1Br)C(=O)CCCOc1ccc(F)cc1F. The Hall–Kier alpha value is -1.95. The summed E-state index contributed by atoms with van der Waals surface area (Å²) in [7, 11) is 1.74. The number of halogens is 3. The van der Waals surface area contributed by atoms with Gasteiger partial charge in [0.05, 0.1) is 6.61 Å². The molecule has 0 atom stereocenters. The second kappa shape index (κ2) is 8.78. The average Bonchev–Trinajstić information content (AvgIpc) is 2.55. The van der Waals surface area contributed by atoms with Gasteiger partial charge in [-0.1, -0.05) is 34.1 Å². The molecule has 0 aromatic heterocycles. The quantitative estimate of drug-likeness (QED) is 0.641. The number of rotatable bonds is 7. The molecule has 0 saturated heterocycles. The highest BCUT2D eigenvalue weighted by atomic mass is 79.9. The van der Waals surface area contributed by atoms with Crippen molar-refractivity contribution in [2.75, 3.05) is 13.7 Å². The summed E-state index contributed by atoms with van der Waals surface area (Å²) >= 11 is 3.46. The van der Waals surface area contributed by atoms with Gasteiger partial charge in [0.1, 0.15) is 5.82 Å². The summed E-state index contributed by atoms with van der Waals surface area (Å²) in [6.07, 6.45) is 0.750. The number of hydrogen-bond acceptors (Lipinski definition) is 2. The Labute approximate surface area is 148 Å². The summed E-state index contributed by atoms with van der Waals surface area (Å²) in [6, 6.07) is 10.9. The highest BCUT2D eigenvalue weighted by Gasteiger charge is 2.11. The molecule has 2 aromatic rings. The lowest BCUT2D eigenvalue weighted by Crippen LogP contribution is -2.26. The molecule has 0 bridgehead atoms. The van der Waals surface area contributed by atoms with E-state index in [4.69, 9.17) is 4.74 Å². The molecule has 3 nitrogen and oxygen atoms in total. The highest BCUT2D eigenvalue weighted by molar-refractivity contribution is 9.10. The lowest BCUT2D eigenvalue weighted by atomic mass is 10.2. The van der Waals surface area contributed by atoms with E-state index >= 15 is 0 Å². The van der Waals surface area contributed by atoms with Crippen LogP contribution in [0, 0.1) is 11.6 Å². The van der Waals surface area contributed by atoms with Gasteiger partial charge < -0.3 is 9.64 Å². The first-order valence-corrected chi connectivity index (χ1v) is 8.32. The number of carbonyl (C=O) groups is 1. The van der Waals surface area contributed by atoms with Crippen molar-refractivity contribution in [1.29, 1.82) is 0 Å². The van der Waals surface area contributed by atoms with Gasteiger partial charge in [0.2, 0.25) is 5.91 Å². The van der Waals surface area contributed by atoms with E-state index in [9.17, 15) is 13.6 Å². The molecule has 0 radical (unpaired) electrons. The van der Waals surface area contributed by atoms with Crippen LogP contribution in [0.2, 0.25) is 0 Å². The number of benzene rings is 2. The van der Waals surface area contributed by atoms with Crippen molar-refractivity contribution < 1.29 is 18.3 Å². The van der Waals surface area contributed by atoms with Crippen LogP contribution in [0.5, 0.6) is 5.75 Å². The number of nitrogens with zero attached hydrogens (tertiary/aromatic N) is 1. The number of amides is 1. The van der Waals surface area contributed by atoms with Crippen molar-refractivity contribution >= 4 is 21.8 Å². The molecule has 0 saturated carbocycles. The molecular weight excluding hydrogens is 380 g/mol. The van der Waals surface area contributed by atoms with Crippen LogP contribution in [0.1, 0.15) is 18.4 Å². The summed E-state index contributed by atoms with van der Waals surface area (Å²) in [5, 5.41) is 0. The van der Waals surface area contributed by atoms with Gasteiger partial charge in [-0.05, 0) is 30.2 Å². The molecule has 128 valence electrons. The number of carbonyl (C=O) groups excluding carboxylic acids is 1. The lowest BCUT2D eigenvalue weighted by molar-refractivity contribution is -0.130. The van der Waals surface area contributed by atoms with Crippen molar-refractivity contribution in [2.45, 2.75) is 19.4 Å². The van der Waals surface area contributed by atoms with Crippen molar-refractivity contribution in [3.8, 4) is 5.75 Å². The maximum absolute atomic E-state index is 13.4. The first-order chi connectivity index (χ1) is 11.5. The molecule has 2 aromatic carbocycles. The molecule has 0 N–H and O–H groups in total. The van der Waals surface area contributed by atoms with Crippen molar-refractivity contribution in [3.05, 3.63) is 64.1 Å². The van der Waals surface area contributed by atoms with Crippen molar-refractivity contribution in [2.24, 2.45) is 0 Å². The Morgan fingerprint density at radius 3 is 2.67 bits per heavy atom. The first kappa shape index (κ1) is 18.4. The van der Waals surface area contributed by atoms with Crippen LogP contribution in [0.15, 0.2) is 46.9 Å². The largest absolute Gasteiger partial charge is 0.491 e. The van der Waals surface area contributed by atoms with Gasteiger partial charge >= 0.3 is 0 Å². The monoisotopic (exact) mass is 397 g/mol. The molecule has 0 aliphatic carbocycles. The van der Waals surface area contributed by atoms with Crippen molar-refractivity contribution in [3.63, 3.8) is 0 Å². The maximum atomic E-state index is 13.4. The molecule has 24 heavy (non-hydrogen) atoms. The Bertz CT molecular complexity index is 709. The first-order valence-electron chi connectivity index (χ1n) is 7.52. The minimum absolute atomic E-state index is 0.00887. The topological polar surface area (TPSA) is 29.5 Å². The second-order valence-electron chi connectivity index (χ2n) is 5.37. The minimum Gasteiger partial charge on any atom is -0.491 e. The molecule has 6 heteroatoms. The van der Waals surface area contributed by atoms with Gasteiger partial charge in [0.25, 0.3) is 0 Å². The van der Waals surface area contributed by atoms with Crippen LogP contribution >= 0.6 is 15.9 Å². The van der Waals surface area contributed by atoms with E-state index in [1.54, 1.807) is 11.9 Å². The summed E-state index contributed by atoms with van der Waals surface area (Å²) in [6.45, 7) is 0.699. The number of hydrogen-bond donors (Lipinski definition) is 0. The van der Waals surface area contributed by atoms with E-state index in [1.165, 1.54) is 6.07 Å². The van der Waals surface area contributed by atoms with E-state index in [0.717, 1.165) is 22.2 Å². The summed E-state index contributed by atoms with van der Waals surface area (Å²) < 4.78 is 32.4. The molecule has 0 heterocycles. The van der Waals surface area contributed by atoms with Crippen LogP contribution in [0.4, 0.5) is 8.78 Å². The zero-order chi connectivity index (χ0) is 17.5. The number of ether oxygens (including phenoxy) is 1. The van der Waals surface area contributed by atoms with Crippen LogP contribution in [-0.2, 0) is 11.3 Å². The predicted octanol–water partition coefficient (Wildman–Crippen LogP) is 4.54. The Balaban J connectivity index is 1.75. The van der Waals surface area contributed by atoms with Crippen LogP contribution in [-0.4, -0.2) is 24.5 Å². The minimum atomic E-state index is -0.743. The Morgan fingerprint density at radius 1 is 1.21 bits per heavy atom. The van der Waals surface area contributed by atoms with E-state index in [0.29, 0.717) is 19.4 Å². The molecular formula is C18H18BrF2NO2.